The van der Waals surface area contributed by atoms with Crippen LogP contribution in [0.3, 0.4) is 0 Å². The van der Waals surface area contributed by atoms with Crippen LogP contribution in [0, 0.1) is 0 Å². The Morgan fingerprint density at radius 2 is 1.39 bits per heavy atom. The van der Waals surface area contributed by atoms with Crippen molar-refractivity contribution in [2.45, 2.75) is 71.1 Å². The number of carbonyl (C=O) groups excluding carboxylic acids is 1. The van der Waals surface area contributed by atoms with Gasteiger partial charge in [0.2, 0.25) is 11.9 Å². The van der Waals surface area contributed by atoms with Gasteiger partial charge in [0.25, 0.3) is 0 Å². The van der Waals surface area contributed by atoms with Crippen molar-refractivity contribution in [1.82, 2.24) is 9.97 Å². The van der Waals surface area contributed by atoms with Gasteiger partial charge in [-0.15, -0.1) is 0 Å². The Morgan fingerprint density at radius 1 is 0.816 bits per heavy atom. The van der Waals surface area contributed by atoms with Gasteiger partial charge in [0.15, 0.2) is 5.75 Å². The first-order valence-electron chi connectivity index (χ1n) is 14.5. The van der Waals surface area contributed by atoms with Crippen LogP contribution in [-0.4, -0.2) is 40.1 Å². The van der Waals surface area contributed by atoms with Crippen LogP contribution in [0.2, 0.25) is 0 Å². The van der Waals surface area contributed by atoms with E-state index in [0.717, 1.165) is 35.5 Å². The van der Waals surface area contributed by atoms with E-state index in [9.17, 15) is 49.1 Å². The molecule has 1 amide bonds. The van der Waals surface area contributed by atoms with Gasteiger partial charge < -0.3 is 21.1 Å². The molecule has 0 atom stereocenters. The monoisotopic (exact) mass is 718 g/mol. The molecule has 0 bridgehead atoms. The van der Waals surface area contributed by atoms with Crippen molar-refractivity contribution in [2.75, 3.05) is 23.0 Å². The van der Waals surface area contributed by atoms with Crippen LogP contribution in [-0.2, 0) is 41.2 Å². The minimum Gasteiger partial charge on any atom is -1.00 e. The molecular weight excluding hydrogens is 686 g/mol. The third kappa shape index (κ3) is 12.1. The second-order valence-corrected chi connectivity index (χ2v) is 10.6. The average Bonchev–Trinajstić information content (AvgIpc) is 2.99. The molecule has 49 heavy (non-hydrogen) atoms. The summed E-state index contributed by atoms with van der Waals surface area (Å²) in [5, 5.41) is 8.77. The Hall–Kier alpha value is -3.57. The van der Waals surface area contributed by atoms with Gasteiger partial charge in [-0.3, -0.25) is 9.59 Å². The molecule has 1 N–H and O–H groups in total. The molecule has 0 unspecified atom stereocenters. The molecule has 1 heterocycles. The zero-order chi connectivity index (χ0) is 35.9. The van der Waals surface area contributed by atoms with E-state index >= 15 is 0 Å². The van der Waals surface area contributed by atoms with Gasteiger partial charge in [0.1, 0.15) is 0 Å². The molecule has 0 fully saturated rings. The molecule has 0 aliphatic rings. The first kappa shape index (κ1) is 41.6. The molecule has 0 saturated carbocycles. The Labute approximate surface area is 299 Å². The van der Waals surface area contributed by atoms with Crippen LogP contribution < -0.4 is 44.1 Å². The Kier molecular flexibility index (Phi) is 14.8. The predicted molar refractivity (Wildman–Crippen MR) is 156 cm³/mol. The van der Waals surface area contributed by atoms with E-state index in [4.69, 9.17) is 9.84 Å². The zero-order valence-corrected chi connectivity index (χ0v) is 28.6. The number of hydrogen-bond acceptors (Lipinski definition) is 6. The minimum atomic E-state index is -5.16. The van der Waals surface area contributed by atoms with Crippen molar-refractivity contribution in [3.05, 3.63) is 76.6 Å². The van der Waals surface area contributed by atoms with Crippen molar-refractivity contribution < 1.29 is 89.9 Å². The quantitative estimate of drug-likeness (QED) is 0.138. The van der Waals surface area contributed by atoms with Crippen LogP contribution in [0.15, 0.2) is 48.8 Å². The summed E-state index contributed by atoms with van der Waals surface area (Å²) in [4.78, 5) is 34.1. The number of alkyl halides is 9. The van der Waals surface area contributed by atoms with Crippen LogP contribution in [0.4, 0.5) is 51.1 Å². The second kappa shape index (κ2) is 17.4. The second-order valence-electron chi connectivity index (χ2n) is 10.6. The molecule has 264 valence electrons. The normalized spacial score (nSPS) is 11.9. The summed E-state index contributed by atoms with van der Waals surface area (Å²) in [6.07, 6.45) is -12.5. The number of aromatic nitrogens is 2. The zero-order valence-electron chi connectivity index (χ0n) is 27.6. The number of amides is 1. The van der Waals surface area contributed by atoms with Crippen LogP contribution in [0.25, 0.3) is 0 Å². The van der Waals surface area contributed by atoms with Crippen molar-refractivity contribution in [3.8, 4) is 5.75 Å². The maximum absolute atomic E-state index is 13.8. The van der Waals surface area contributed by atoms with E-state index in [1.54, 1.807) is 13.8 Å². The Bertz CT molecular complexity index is 1540. The number of benzene rings is 2. The summed E-state index contributed by atoms with van der Waals surface area (Å²) in [6.45, 7) is 2.01. The van der Waals surface area contributed by atoms with Gasteiger partial charge in [0.05, 0.1) is 35.7 Å². The molecule has 0 aliphatic carbocycles. The van der Waals surface area contributed by atoms with E-state index < -0.39 is 65.7 Å². The molecule has 18 heteroatoms. The molecule has 0 saturated heterocycles. The number of anilines is 2. The van der Waals surface area contributed by atoms with Crippen LogP contribution in [0.1, 0.15) is 68.8 Å². The average molecular weight is 719 g/mol. The van der Waals surface area contributed by atoms with Crippen molar-refractivity contribution in [2.24, 2.45) is 0 Å². The fourth-order valence-corrected chi connectivity index (χ4v) is 4.68. The topological polar surface area (TPSA) is 95.9 Å². The maximum atomic E-state index is 13.8. The van der Waals surface area contributed by atoms with E-state index in [2.05, 4.69) is 9.97 Å². The molecule has 2 aromatic carbocycles. The number of nitrogens with zero attached hydrogens (tertiary/aromatic N) is 4. The number of hydrogen-bond donors (Lipinski definition) is 1. The number of halogens is 9. The van der Waals surface area contributed by atoms with Gasteiger partial charge >= 0.3 is 54.1 Å². The molecular formula is C31H32F9N4NaO4. The number of carboxylic acid groups (broad SMARTS) is 1. The molecule has 0 spiro atoms. The molecule has 1 aromatic heterocycles. The van der Waals surface area contributed by atoms with E-state index in [0.29, 0.717) is 18.6 Å². The van der Waals surface area contributed by atoms with Gasteiger partial charge in [-0.05, 0) is 67.3 Å². The number of aliphatic carboxylic acids is 1. The summed E-state index contributed by atoms with van der Waals surface area (Å²) in [7, 11) is 0. The first-order valence-corrected chi connectivity index (χ1v) is 14.5. The van der Waals surface area contributed by atoms with E-state index in [-0.39, 0.29) is 92.4 Å². The Balaban J connectivity index is 0.00000625. The third-order valence-electron chi connectivity index (χ3n) is 6.86. The van der Waals surface area contributed by atoms with Crippen LogP contribution >= 0.6 is 0 Å². The number of ether oxygens (including phenoxy) is 1. The molecule has 3 rings (SSSR count). The number of rotatable bonds is 14. The van der Waals surface area contributed by atoms with E-state index in [1.807, 2.05) is 0 Å². The summed E-state index contributed by atoms with van der Waals surface area (Å²) in [6, 6.07) is 3.51. The number of carbonyl (C=O) groups is 2. The molecule has 8 nitrogen and oxygen atoms in total. The summed E-state index contributed by atoms with van der Waals surface area (Å²) < 4.78 is 129. The van der Waals surface area contributed by atoms with Gasteiger partial charge in [-0.25, -0.2) is 9.97 Å². The van der Waals surface area contributed by atoms with Crippen molar-refractivity contribution in [3.63, 3.8) is 0 Å². The Morgan fingerprint density at radius 3 is 1.88 bits per heavy atom. The smallest absolute Gasteiger partial charge is 1.00 e. The third-order valence-corrected chi connectivity index (χ3v) is 6.86. The van der Waals surface area contributed by atoms with Crippen molar-refractivity contribution in [1.29, 1.82) is 0 Å². The summed E-state index contributed by atoms with van der Waals surface area (Å²) in [5.41, 5.74) is -4.88. The molecule has 0 radical (unpaired) electrons. The summed E-state index contributed by atoms with van der Waals surface area (Å²) in [5.74, 6) is -1.73. The van der Waals surface area contributed by atoms with Crippen molar-refractivity contribution >= 4 is 23.5 Å². The van der Waals surface area contributed by atoms with Crippen LogP contribution in [0.5, 0.6) is 5.75 Å². The molecule has 3 aromatic rings. The summed E-state index contributed by atoms with van der Waals surface area (Å²) >= 11 is 0. The largest absolute Gasteiger partial charge is 1.00 e. The van der Waals surface area contributed by atoms with E-state index in [1.165, 1.54) is 4.90 Å². The first-order chi connectivity index (χ1) is 22.3. The fraction of sp³-hybridized carbons (Fsp3) is 0.419. The van der Waals surface area contributed by atoms with Gasteiger partial charge in [-0.1, -0.05) is 6.92 Å². The minimum absolute atomic E-state index is 0. The maximum Gasteiger partial charge on any atom is 1.00 e. The predicted octanol–water partition coefficient (Wildman–Crippen LogP) is 5.25. The fourth-order valence-electron chi connectivity index (χ4n) is 4.68. The SMILES string of the molecule is CCCC(=O)N(CC)c1ccc(C(F)(F)F)cc1CN(Cc1cc(C(F)(F)F)cc(C(F)(F)F)c1)c1ncc(OCCCC(=O)O)cn1.[H-].[Na+]. The molecule has 0 aliphatic heterocycles. The number of carboxylic acids is 1. The van der Waals surface area contributed by atoms with Gasteiger partial charge in [-0.2, -0.15) is 39.5 Å². The van der Waals surface area contributed by atoms with Gasteiger partial charge in [0, 0.05) is 38.2 Å². The standard InChI is InChI=1S/C31H31F9N4O4.Na.H/c1-3-6-26(45)44(4-2)25-9-8-21(29(32,33)34)13-20(25)18-43(28-41-15-24(16-42-28)48-10-5-7-27(46)47)17-19-11-22(30(35,36)37)14-23(12-19)31(38,39)40;;/h8-9,11-16H,3-7,10,17-18H2,1-2H3,(H,46,47);;/q;+1;-1.